The predicted octanol–water partition coefficient (Wildman–Crippen LogP) is 1.96. The zero-order chi connectivity index (χ0) is 14.5. The molecule has 0 aliphatic heterocycles. The topological polar surface area (TPSA) is 61.8 Å². The Kier molecular flexibility index (Phi) is 5.93. The van der Waals surface area contributed by atoms with Crippen LogP contribution in [0.25, 0.3) is 0 Å². The first-order valence-electron chi connectivity index (χ1n) is 5.92. The van der Waals surface area contributed by atoms with E-state index in [1.165, 1.54) is 26.4 Å². The molecule has 1 aromatic rings. The highest BCUT2D eigenvalue weighted by atomic mass is 32.2. The van der Waals surface area contributed by atoms with Gasteiger partial charge in [-0.2, -0.15) is 8.42 Å². The zero-order valence-corrected chi connectivity index (χ0v) is 12.4. The molecule has 0 N–H and O–H groups in total. The van der Waals surface area contributed by atoms with Crippen molar-refractivity contribution in [1.82, 2.24) is 0 Å². The summed E-state index contributed by atoms with van der Waals surface area (Å²) in [5.74, 6) is -0.199. The SMILES string of the molecule is COC(OC)[C@@H](C)COS(=O)(=O)c1ccc(C)cc1. The number of ether oxygens (including phenoxy) is 2. The van der Waals surface area contributed by atoms with Gasteiger partial charge in [0.1, 0.15) is 0 Å². The summed E-state index contributed by atoms with van der Waals surface area (Å²) >= 11 is 0. The Morgan fingerprint density at radius 3 is 2.11 bits per heavy atom. The number of hydrogen-bond acceptors (Lipinski definition) is 5. The minimum Gasteiger partial charge on any atom is -0.356 e. The summed E-state index contributed by atoms with van der Waals surface area (Å²) < 4.78 is 39.0. The molecule has 19 heavy (non-hydrogen) atoms. The van der Waals surface area contributed by atoms with E-state index in [2.05, 4.69) is 0 Å². The second-order valence-electron chi connectivity index (χ2n) is 4.37. The Bertz CT molecular complexity index is 476. The molecule has 0 aliphatic carbocycles. The molecule has 0 saturated heterocycles. The second kappa shape index (κ2) is 7.00. The molecule has 1 atom stereocenters. The van der Waals surface area contributed by atoms with Gasteiger partial charge in [-0.15, -0.1) is 0 Å². The van der Waals surface area contributed by atoms with Crippen molar-refractivity contribution >= 4 is 10.1 Å². The van der Waals surface area contributed by atoms with E-state index < -0.39 is 16.4 Å². The van der Waals surface area contributed by atoms with Crippen molar-refractivity contribution in [3.8, 4) is 0 Å². The van der Waals surface area contributed by atoms with Crippen LogP contribution >= 0.6 is 0 Å². The van der Waals surface area contributed by atoms with Crippen LogP contribution in [-0.4, -0.2) is 35.5 Å². The summed E-state index contributed by atoms with van der Waals surface area (Å²) in [6, 6.07) is 6.51. The van der Waals surface area contributed by atoms with Crippen LogP contribution in [0.15, 0.2) is 29.2 Å². The molecule has 0 aliphatic rings. The number of hydrogen-bond donors (Lipinski definition) is 0. The maximum Gasteiger partial charge on any atom is 0.296 e. The van der Waals surface area contributed by atoms with Gasteiger partial charge in [0.15, 0.2) is 6.29 Å². The number of aryl methyl sites for hydroxylation is 1. The highest BCUT2D eigenvalue weighted by Gasteiger charge is 2.21. The third-order valence-corrected chi connectivity index (χ3v) is 4.02. The fourth-order valence-electron chi connectivity index (χ4n) is 1.61. The molecule has 108 valence electrons. The monoisotopic (exact) mass is 288 g/mol. The van der Waals surface area contributed by atoms with Crippen molar-refractivity contribution in [1.29, 1.82) is 0 Å². The Hall–Kier alpha value is -0.950. The molecule has 0 heterocycles. The fraction of sp³-hybridized carbons (Fsp3) is 0.538. The third-order valence-electron chi connectivity index (χ3n) is 2.72. The van der Waals surface area contributed by atoms with Crippen LogP contribution < -0.4 is 0 Å². The molecule has 0 unspecified atom stereocenters. The summed E-state index contributed by atoms with van der Waals surface area (Å²) in [6.07, 6.45) is -0.492. The molecular formula is C13H20O5S. The largest absolute Gasteiger partial charge is 0.356 e. The van der Waals surface area contributed by atoms with Gasteiger partial charge in [-0.3, -0.25) is 4.18 Å². The minimum absolute atomic E-state index is 0.00254. The first-order chi connectivity index (χ1) is 8.90. The average Bonchev–Trinajstić information content (AvgIpc) is 2.38. The molecule has 0 aromatic heterocycles. The van der Waals surface area contributed by atoms with Crippen molar-refractivity contribution < 1.29 is 22.1 Å². The van der Waals surface area contributed by atoms with E-state index in [4.69, 9.17) is 13.7 Å². The van der Waals surface area contributed by atoms with Crippen molar-refractivity contribution in [3.05, 3.63) is 29.8 Å². The molecule has 1 aromatic carbocycles. The number of methoxy groups -OCH3 is 2. The predicted molar refractivity (Wildman–Crippen MR) is 71.3 cm³/mol. The lowest BCUT2D eigenvalue weighted by molar-refractivity contribution is -0.139. The van der Waals surface area contributed by atoms with Crippen LogP contribution in [-0.2, 0) is 23.8 Å². The lowest BCUT2D eigenvalue weighted by Gasteiger charge is -2.20. The van der Waals surface area contributed by atoms with Gasteiger partial charge in [0.05, 0.1) is 11.5 Å². The van der Waals surface area contributed by atoms with Crippen LogP contribution in [0.4, 0.5) is 0 Å². The van der Waals surface area contributed by atoms with Crippen molar-refractivity contribution in [2.24, 2.45) is 5.92 Å². The smallest absolute Gasteiger partial charge is 0.296 e. The molecule has 0 spiro atoms. The van der Waals surface area contributed by atoms with Crippen molar-refractivity contribution in [2.45, 2.75) is 25.0 Å². The summed E-state index contributed by atoms with van der Waals surface area (Å²) in [7, 11) is -0.735. The van der Waals surface area contributed by atoms with Gasteiger partial charge in [-0.05, 0) is 19.1 Å². The molecule has 0 bridgehead atoms. The van der Waals surface area contributed by atoms with Gasteiger partial charge in [-0.25, -0.2) is 0 Å². The second-order valence-corrected chi connectivity index (χ2v) is 5.98. The average molecular weight is 288 g/mol. The van der Waals surface area contributed by atoms with Crippen LogP contribution in [0, 0.1) is 12.8 Å². The Morgan fingerprint density at radius 2 is 1.63 bits per heavy atom. The van der Waals surface area contributed by atoms with Gasteiger partial charge in [-0.1, -0.05) is 24.6 Å². The van der Waals surface area contributed by atoms with E-state index in [0.717, 1.165) is 5.56 Å². The number of benzene rings is 1. The van der Waals surface area contributed by atoms with E-state index in [-0.39, 0.29) is 17.4 Å². The highest BCUT2D eigenvalue weighted by Crippen LogP contribution is 2.16. The van der Waals surface area contributed by atoms with Crippen LogP contribution in [0.1, 0.15) is 12.5 Å². The van der Waals surface area contributed by atoms with Crippen LogP contribution in [0.3, 0.4) is 0 Å². The first-order valence-corrected chi connectivity index (χ1v) is 7.33. The Balaban J connectivity index is 2.68. The fourth-order valence-corrected chi connectivity index (χ4v) is 2.61. The Morgan fingerprint density at radius 1 is 1.11 bits per heavy atom. The maximum absolute atomic E-state index is 11.9. The molecule has 0 saturated carbocycles. The highest BCUT2D eigenvalue weighted by molar-refractivity contribution is 7.86. The zero-order valence-electron chi connectivity index (χ0n) is 11.6. The van der Waals surface area contributed by atoms with Crippen LogP contribution in [0.2, 0.25) is 0 Å². The van der Waals surface area contributed by atoms with E-state index in [9.17, 15) is 8.42 Å². The van der Waals surface area contributed by atoms with Crippen molar-refractivity contribution in [2.75, 3.05) is 20.8 Å². The van der Waals surface area contributed by atoms with Gasteiger partial charge in [0, 0.05) is 20.1 Å². The molecule has 5 nitrogen and oxygen atoms in total. The lowest BCUT2D eigenvalue weighted by atomic mass is 10.2. The van der Waals surface area contributed by atoms with Gasteiger partial charge < -0.3 is 9.47 Å². The normalized spacial score (nSPS) is 13.7. The lowest BCUT2D eigenvalue weighted by Crippen LogP contribution is -2.27. The summed E-state index contributed by atoms with van der Waals surface area (Å²) in [4.78, 5) is 0.150. The summed E-state index contributed by atoms with van der Waals surface area (Å²) in [5, 5.41) is 0. The van der Waals surface area contributed by atoms with Gasteiger partial charge in [0.2, 0.25) is 0 Å². The molecule has 6 heteroatoms. The van der Waals surface area contributed by atoms with Gasteiger partial charge in [0.25, 0.3) is 10.1 Å². The molecule has 0 amide bonds. The van der Waals surface area contributed by atoms with E-state index in [0.29, 0.717) is 0 Å². The third kappa shape index (κ3) is 4.58. The molecule has 0 radical (unpaired) electrons. The molecular weight excluding hydrogens is 268 g/mol. The molecule has 0 fully saturated rings. The number of rotatable bonds is 7. The van der Waals surface area contributed by atoms with Crippen molar-refractivity contribution in [3.63, 3.8) is 0 Å². The first kappa shape index (κ1) is 16.1. The quantitative estimate of drug-likeness (QED) is 0.567. The summed E-state index contributed by atoms with van der Waals surface area (Å²) in [6.45, 7) is 3.69. The standard InChI is InChI=1S/C13H20O5S/c1-10-5-7-12(8-6-10)19(14,15)18-9-11(2)13(16-3)17-4/h5-8,11,13H,9H2,1-4H3/t11-/m0/s1. The molecule has 1 rings (SSSR count). The Labute approximate surface area is 114 Å². The van der Waals surface area contributed by atoms with E-state index in [1.807, 2.05) is 6.92 Å². The van der Waals surface area contributed by atoms with E-state index >= 15 is 0 Å². The van der Waals surface area contributed by atoms with Gasteiger partial charge >= 0.3 is 0 Å². The maximum atomic E-state index is 11.9. The summed E-state index contributed by atoms with van der Waals surface area (Å²) in [5.41, 5.74) is 0.992. The van der Waals surface area contributed by atoms with E-state index in [1.54, 1.807) is 19.1 Å². The minimum atomic E-state index is -3.73. The van der Waals surface area contributed by atoms with Crippen LogP contribution in [0.5, 0.6) is 0 Å².